The molecule has 0 atom stereocenters. The van der Waals surface area contributed by atoms with Crippen LogP contribution in [0.25, 0.3) is 0 Å². The first-order chi connectivity index (χ1) is 12.3. The van der Waals surface area contributed by atoms with Gasteiger partial charge in [0.05, 0.1) is 22.4 Å². The summed E-state index contributed by atoms with van der Waals surface area (Å²) in [6.07, 6.45) is 0. The number of hydrogen-bond acceptors (Lipinski definition) is 6. The summed E-state index contributed by atoms with van der Waals surface area (Å²) in [5.74, 6) is -0.655. The van der Waals surface area contributed by atoms with Crippen LogP contribution in [0.5, 0.6) is 0 Å². The van der Waals surface area contributed by atoms with Gasteiger partial charge in [-0.05, 0) is 18.2 Å². The Kier molecular flexibility index (Phi) is 4.79. The van der Waals surface area contributed by atoms with Gasteiger partial charge in [0.2, 0.25) is 10.0 Å². The standard InChI is InChI=1S/C16H17FN4O4S/c17-13-11-12(21(22)23)5-6-14(13)19-7-9-20(10-8-19)15-3-1-2-4-16(15)26(18,24)25/h1-6,11H,7-10H2,(H2,18,24,25). The van der Waals surface area contributed by atoms with Crippen molar-refractivity contribution in [3.05, 3.63) is 58.4 Å². The van der Waals surface area contributed by atoms with Crippen molar-refractivity contribution in [3.8, 4) is 0 Å². The van der Waals surface area contributed by atoms with Gasteiger partial charge < -0.3 is 9.80 Å². The predicted molar refractivity (Wildman–Crippen MR) is 95.3 cm³/mol. The third kappa shape index (κ3) is 3.60. The number of hydrogen-bond donors (Lipinski definition) is 1. The van der Waals surface area contributed by atoms with Gasteiger partial charge in [-0.1, -0.05) is 12.1 Å². The zero-order chi connectivity index (χ0) is 18.9. The summed E-state index contributed by atoms with van der Waals surface area (Å²) in [6.45, 7) is 1.80. The summed E-state index contributed by atoms with van der Waals surface area (Å²) in [5.41, 5.74) is 0.501. The van der Waals surface area contributed by atoms with E-state index < -0.39 is 20.8 Å². The first-order valence-electron chi connectivity index (χ1n) is 7.83. The van der Waals surface area contributed by atoms with Crippen molar-refractivity contribution in [1.29, 1.82) is 0 Å². The van der Waals surface area contributed by atoms with Crippen LogP contribution in [0.2, 0.25) is 0 Å². The average Bonchev–Trinajstić information content (AvgIpc) is 2.61. The molecule has 10 heteroatoms. The van der Waals surface area contributed by atoms with Crippen molar-refractivity contribution >= 4 is 27.1 Å². The molecule has 1 aliphatic rings. The number of benzene rings is 2. The summed E-state index contributed by atoms with van der Waals surface area (Å²) >= 11 is 0. The zero-order valence-corrected chi connectivity index (χ0v) is 14.5. The smallest absolute Gasteiger partial charge is 0.272 e. The van der Waals surface area contributed by atoms with Gasteiger partial charge in [0, 0.05) is 32.2 Å². The molecule has 8 nitrogen and oxygen atoms in total. The lowest BCUT2D eigenvalue weighted by Crippen LogP contribution is -2.47. The molecule has 2 aromatic rings. The summed E-state index contributed by atoms with van der Waals surface area (Å²) in [4.78, 5) is 13.8. The fourth-order valence-electron chi connectivity index (χ4n) is 3.01. The van der Waals surface area contributed by atoms with Gasteiger partial charge >= 0.3 is 0 Å². The third-order valence-electron chi connectivity index (χ3n) is 4.27. The second kappa shape index (κ2) is 6.89. The van der Waals surface area contributed by atoms with Gasteiger partial charge in [-0.25, -0.2) is 17.9 Å². The molecule has 0 bridgehead atoms. The highest BCUT2D eigenvalue weighted by atomic mass is 32.2. The molecule has 0 aliphatic carbocycles. The van der Waals surface area contributed by atoms with Crippen LogP contribution in [-0.2, 0) is 10.0 Å². The first kappa shape index (κ1) is 18.1. The highest BCUT2D eigenvalue weighted by molar-refractivity contribution is 7.89. The molecule has 2 N–H and O–H groups in total. The fraction of sp³-hybridized carbons (Fsp3) is 0.250. The van der Waals surface area contributed by atoms with E-state index in [0.29, 0.717) is 31.9 Å². The molecule has 1 heterocycles. The van der Waals surface area contributed by atoms with Crippen molar-refractivity contribution in [2.45, 2.75) is 4.90 Å². The van der Waals surface area contributed by atoms with E-state index in [2.05, 4.69) is 0 Å². The highest BCUT2D eigenvalue weighted by Crippen LogP contribution is 2.28. The van der Waals surface area contributed by atoms with Gasteiger partial charge in [-0.3, -0.25) is 10.1 Å². The molecule has 3 rings (SSSR count). The number of halogens is 1. The number of nitro groups is 1. The van der Waals surface area contributed by atoms with Crippen LogP contribution in [0, 0.1) is 15.9 Å². The van der Waals surface area contributed by atoms with E-state index in [1.54, 1.807) is 23.1 Å². The monoisotopic (exact) mass is 380 g/mol. The molecule has 2 aromatic carbocycles. The van der Waals surface area contributed by atoms with Gasteiger partial charge in [-0.2, -0.15) is 0 Å². The van der Waals surface area contributed by atoms with Crippen LogP contribution >= 0.6 is 0 Å². The Morgan fingerprint density at radius 1 is 1.00 bits per heavy atom. The molecule has 0 saturated carbocycles. The Balaban J connectivity index is 1.78. The summed E-state index contributed by atoms with van der Waals surface area (Å²) < 4.78 is 37.7. The minimum Gasteiger partial charge on any atom is -0.367 e. The number of rotatable bonds is 4. The molecule has 26 heavy (non-hydrogen) atoms. The minimum atomic E-state index is -3.85. The average molecular weight is 380 g/mol. The van der Waals surface area contributed by atoms with Crippen molar-refractivity contribution in [1.82, 2.24) is 0 Å². The predicted octanol–water partition coefficient (Wildman–Crippen LogP) is 1.71. The number of nitrogens with two attached hydrogens (primary N) is 1. The molecule has 1 aliphatic heterocycles. The summed E-state index contributed by atoms with van der Waals surface area (Å²) in [7, 11) is -3.85. The third-order valence-corrected chi connectivity index (χ3v) is 5.23. The Hall–Kier alpha value is -2.72. The number of sulfonamides is 1. The van der Waals surface area contributed by atoms with E-state index >= 15 is 0 Å². The molecule has 0 amide bonds. The van der Waals surface area contributed by atoms with Crippen LogP contribution < -0.4 is 14.9 Å². The first-order valence-corrected chi connectivity index (χ1v) is 9.37. The Morgan fingerprint density at radius 3 is 2.12 bits per heavy atom. The van der Waals surface area contributed by atoms with Crippen molar-refractivity contribution in [2.24, 2.45) is 5.14 Å². The quantitative estimate of drug-likeness (QED) is 0.639. The van der Waals surface area contributed by atoms with Crippen molar-refractivity contribution < 1.29 is 17.7 Å². The molecule has 0 radical (unpaired) electrons. The minimum absolute atomic E-state index is 0.0509. The normalized spacial score (nSPS) is 15.2. The maximum Gasteiger partial charge on any atom is 0.272 e. The number of anilines is 2. The van der Waals surface area contributed by atoms with Crippen LogP contribution in [0.15, 0.2) is 47.4 Å². The number of para-hydroxylation sites is 1. The maximum atomic E-state index is 14.2. The van der Waals surface area contributed by atoms with Crippen molar-refractivity contribution in [2.75, 3.05) is 36.0 Å². The molecular weight excluding hydrogens is 363 g/mol. The zero-order valence-electron chi connectivity index (χ0n) is 13.7. The lowest BCUT2D eigenvalue weighted by atomic mass is 10.2. The molecule has 1 fully saturated rings. The van der Waals surface area contributed by atoms with Gasteiger partial charge in [0.15, 0.2) is 5.82 Å². The van der Waals surface area contributed by atoms with Crippen LogP contribution in [0.1, 0.15) is 0 Å². The van der Waals surface area contributed by atoms with Crippen molar-refractivity contribution in [3.63, 3.8) is 0 Å². The van der Waals surface area contributed by atoms with E-state index in [1.165, 1.54) is 18.2 Å². The van der Waals surface area contributed by atoms with Crippen LogP contribution in [0.3, 0.4) is 0 Å². The molecule has 1 saturated heterocycles. The molecule has 0 aromatic heterocycles. The maximum absolute atomic E-state index is 14.2. The fourth-order valence-corrected chi connectivity index (χ4v) is 3.77. The lowest BCUT2D eigenvalue weighted by Gasteiger charge is -2.38. The Bertz CT molecular complexity index is 943. The number of nitro benzene ring substituents is 1. The Labute approximate surface area is 149 Å². The number of non-ortho nitro benzene ring substituents is 1. The van der Waals surface area contributed by atoms with Gasteiger partial charge in [-0.15, -0.1) is 0 Å². The topological polar surface area (TPSA) is 110 Å². The van der Waals surface area contributed by atoms with E-state index in [1.807, 2.05) is 4.90 Å². The second-order valence-electron chi connectivity index (χ2n) is 5.88. The number of primary sulfonamides is 1. The second-order valence-corrected chi connectivity index (χ2v) is 7.41. The Morgan fingerprint density at radius 2 is 1.58 bits per heavy atom. The number of nitrogens with zero attached hydrogens (tertiary/aromatic N) is 3. The van der Waals surface area contributed by atoms with E-state index in [4.69, 9.17) is 5.14 Å². The summed E-state index contributed by atoms with van der Waals surface area (Å²) in [6, 6.07) is 10.0. The summed E-state index contributed by atoms with van der Waals surface area (Å²) in [5, 5.41) is 16.0. The lowest BCUT2D eigenvalue weighted by molar-refractivity contribution is -0.385. The van der Waals surface area contributed by atoms with Gasteiger partial charge in [0.1, 0.15) is 4.90 Å². The van der Waals surface area contributed by atoms with E-state index in [0.717, 1.165) is 6.07 Å². The molecule has 0 spiro atoms. The van der Waals surface area contributed by atoms with Crippen LogP contribution in [0.4, 0.5) is 21.5 Å². The highest BCUT2D eigenvalue weighted by Gasteiger charge is 2.24. The largest absolute Gasteiger partial charge is 0.367 e. The SMILES string of the molecule is NS(=O)(=O)c1ccccc1N1CCN(c2ccc([N+](=O)[O-])cc2F)CC1. The molecule has 138 valence electrons. The van der Waals surface area contributed by atoms with Crippen LogP contribution in [-0.4, -0.2) is 39.5 Å². The molecular formula is C16H17FN4O4S. The number of piperazine rings is 1. The van der Waals surface area contributed by atoms with Gasteiger partial charge in [0.25, 0.3) is 5.69 Å². The molecule has 0 unspecified atom stereocenters. The van der Waals surface area contributed by atoms with E-state index in [9.17, 15) is 22.9 Å². The van der Waals surface area contributed by atoms with E-state index in [-0.39, 0.29) is 16.3 Å².